The molecule has 1 aliphatic heterocycles. The highest BCUT2D eigenvalue weighted by Gasteiger charge is 2.38. The van der Waals surface area contributed by atoms with Gasteiger partial charge in [0.2, 0.25) is 0 Å². The van der Waals surface area contributed by atoms with E-state index in [9.17, 15) is 4.89 Å². The smallest absolute Gasteiger partial charge is 0.394 e. The summed E-state index contributed by atoms with van der Waals surface area (Å²) in [5, 5.41) is 21.5. The molecule has 5 heteroatoms. The second kappa shape index (κ2) is 20.7. The Morgan fingerprint density at radius 2 is 0.376 bits per heavy atom. The molecule has 0 aliphatic carbocycles. The van der Waals surface area contributed by atoms with Crippen molar-refractivity contribution in [3.05, 3.63) is 315 Å². The Labute approximate surface area is 535 Å². The molecule has 18 aromatic carbocycles. The van der Waals surface area contributed by atoms with Crippen LogP contribution in [-0.4, -0.2) is 4.89 Å². The maximum absolute atomic E-state index is 15.9. The lowest BCUT2D eigenvalue weighted by Gasteiger charge is -2.21. The van der Waals surface area contributed by atoms with E-state index >= 15 is 4.57 Å². The summed E-state index contributed by atoms with van der Waals surface area (Å²) in [7, 11) is -5.09. The van der Waals surface area contributed by atoms with Gasteiger partial charge in [0.15, 0.2) is 0 Å². The lowest BCUT2D eigenvalue weighted by Crippen LogP contribution is -2.00. The molecule has 0 atom stereocenters. The Kier molecular flexibility index (Phi) is 11.8. The fraction of sp³-hybridized carbons (Fsp3) is 0. The second-order valence-corrected chi connectivity index (χ2v) is 26.0. The molecule has 434 valence electrons. The van der Waals surface area contributed by atoms with Crippen LogP contribution in [0.25, 0.3) is 186 Å². The van der Waals surface area contributed by atoms with Gasteiger partial charge < -0.3 is 9.05 Å². The van der Waals surface area contributed by atoms with Gasteiger partial charge in [-0.2, -0.15) is 0 Å². The minimum atomic E-state index is -5.09. The second-order valence-electron chi connectivity index (χ2n) is 24.7. The lowest BCUT2D eigenvalue weighted by molar-refractivity contribution is 0.295. The summed E-state index contributed by atoms with van der Waals surface area (Å²) >= 11 is 0. The van der Waals surface area contributed by atoms with Crippen LogP contribution < -0.4 is 9.05 Å². The zero-order chi connectivity index (χ0) is 61.5. The summed E-state index contributed by atoms with van der Waals surface area (Å²) in [5.74, 6) is 0.515. The van der Waals surface area contributed by atoms with Crippen LogP contribution in [0.15, 0.2) is 315 Å². The van der Waals surface area contributed by atoms with E-state index in [1.54, 1.807) is 0 Å². The predicted octanol–water partition coefficient (Wildman–Crippen LogP) is 24.8. The van der Waals surface area contributed by atoms with Gasteiger partial charge in [0.1, 0.15) is 11.5 Å². The van der Waals surface area contributed by atoms with Crippen molar-refractivity contribution in [2.24, 2.45) is 0 Å². The molecule has 0 aromatic heterocycles. The van der Waals surface area contributed by atoms with E-state index < -0.39 is 7.82 Å². The quantitative estimate of drug-likeness (QED) is 0.133. The van der Waals surface area contributed by atoms with Crippen LogP contribution in [0.5, 0.6) is 11.5 Å². The van der Waals surface area contributed by atoms with Crippen LogP contribution in [0, 0.1) is 0 Å². The molecule has 0 amide bonds. The molecule has 0 radical (unpaired) electrons. The standard InChI is InChI=1S/C88H53O4P/c89-93(90)91-87-79(63-45-65(81-69-31-11-1-21-53(69)41-54-22-2-12-32-70(54)81)49-66(46-63)82-71-33-13-3-23-55(71)42-56-24-4-14-34-72(56)82)51-61-29-9-19-39-77(61)85(87)86-78-40-20-10-30-62(78)52-80(88(86)92-93)64-47-67(83-73-35-15-5-25-57(73)43-58-26-6-16-36-74(58)83)50-68(48-64)84-75-37-17-7-27-59(75)44-60-28-8-18-38-76(60)84/h1-52H,(H,89,90). The monoisotopic (exact) mass is 1200 g/mol. The molecule has 19 rings (SSSR count). The van der Waals surface area contributed by atoms with Crippen LogP contribution >= 0.6 is 7.82 Å². The highest BCUT2D eigenvalue weighted by molar-refractivity contribution is 7.48. The van der Waals surface area contributed by atoms with E-state index in [2.05, 4.69) is 303 Å². The number of hydrogen-bond donors (Lipinski definition) is 1. The number of phosphoric acid groups is 1. The highest BCUT2D eigenvalue weighted by atomic mass is 31.2. The summed E-state index contributed by atoms with van der Waals surface area (Å²) in [5.41, 5.74) is 12.6. The van der Waals surface area contributed by atoms with Gasteiger partial charge in [-0.3, -0.25) is 4.89 Å². The molecule has 0 spiro atoms. The van der Waals surface area contributed by atoms with Gasteiger partial charge in [0, 0.05) is 22.3 Å². The number of phosphoric ester groups is 1. The first-order valence-electron chi connectivity index (χ1n) is 31.6. The van der Waals surface area contributed by atoms with E-state index in [0.717, 1.165) is 163 Å². The van der Waals surface area contributed by atoms with Crippen molar-refractivity contribution >= 4 is 116 Å². The van der Waals surface area contributed by atoms with Gasteiger partial charge in [0.05, 0.1) is 0 Å². The van der Waals surface area contributed by atoms with Gasteiger partial charge >= 0.3 is 7.82 Å². The van der Waals surface area contributed by atoms with E-state index in [1.807, 2.05) is 12.1 Å². The maximum Gasteiger partial charge on any atom is 0.584 e. The summed E-state index contributed by atoms with van der Waals surface area (Å²) in [6, 6.07) is 113. The predicted molar refractivity (Wildman–Crippen MR) is 391 cm³/mol. The fourth-order valence-electron chi connectivity index (χ4n) is 15.5. The first kappa shape index (κ1) is 53.2. The third-order valence-electron chi connectivity index (χ3n) is 19.4. The minimum Gasteiger partial charge on any atom is -0.394 e. The SMILES string of the molecule is O=P1(O)Oc2c(-c3cc(-c4c5ccccc5cc5ccccc45)cc(-c4c5ccccc5cc5ccccc45)c3)cc3ccccc3c2-c2c(c(-c3cc(-c4c5ccccc5cc5ccccc45)cc(-c4c5ccccc5cc5ccccc45)c3)cc3ccccc23)O1. The molecule has 0 bridgehead atoms. The Bertz CT molecular complexity index is 5450. The van der Waals surface area contributed by atoms with E-state index in [0.29, 0.717) is 22.3 Å². The zero-order valence-electron chi connectivity index (χ0n) is 50.1. The molecule has 0 saturated heterocycles. The van der Waals surface area contributed by atoms with Crippen LogP contribution in [0.3, 0.4) is 0 Å². The number of benzene rings is 18. The van der Waals surface area contributed by atoms with Crippen molar-refractivity contribution in [2.45, 2.75) is 0 Å². The number of rotatable bonds is 6. The third-order valence-corrected chi connectivity index (χ3v) is 20.2. The normalized spacial score (nSPS) is 12.9. The molecule has 0 unspecified atom stereocenters. The van der Waals surface area contributed by atoms with Crippen molar-refractivity contribution in [2.75, 3.05) is 0 Å². The first-order chi connectivity index (χ1) is 45.8. The van der Waals surface area contributed by atoms with Crippen molar-refractivity contribution in [3.63, 3.8) is 0 Å². The molecule has 93 heavy (non-hydrogen) atoms. The number of fused-ring (bicyclic) bond motifs is 15. The van der Waals surface area contributed by atoms with Crippen LogP contribution in [-0.2, 0) is 4.57 Å². The molecule has 0 saturated carbocycles. The van der Waals surface area contributed by atoms with Crippen LogP contribution in [0.2, 0.25) is 0 Å². The lowest BCUT2D eigenvalue weighted by atomic mass is 9.83. The van der Waals surface area contributed by atoms with Crippen molar-refractivity contribution in [1.29, 1.82) is 0 Å². The molecular formula is C88H53O4P. The fourth-order valence-corrected chi connectivity index (χ4v) is 16.3. The molecule has 1 N–H and O–H groups in total. The van der Waals surface area contributed by atoms with Crippen LogP contribution in [0.1, 0.15) is 0 Å². The highest BCUT2D eigenvalue weighted by Crippen LogP contribution is 2.62. The molecule has 18 aromatic rings. The maximum atomic E-state index is 15.9. The third kappa shape index (κ3) is 8.54. The topological polar surface area (TPSA) is 55.8 Å². The molecule has 1 aliphatic rings. The largest absolute Gasteiger partial charge is 0.584 e. The van der Waals surface area contributed by atoms with Gasteiger partial charge in [-0.25, -0.2) is 4.57 Å². The Hall–Kier alpha value is -11.7. The average Bonchev–Trinajstić information content (AvgIpc) is 1.72. The Morgan fingerprint density at radius 3 is 0.591 bits per heavy atom. The van der Waals surface area contributed by atoms with Crippen molar-refractivity contribution in [3.8, 4) is 89.4 Å². The van der Waals surface area contributed by atoms with Gasteiger partial charge in [-0.1, -0.05) is 243 Å². The zero-order valence-corrected chi connectivity index (χ0v) is 51.0. The summed E-state index contributed by atoms with van der Waals surface area (Å²) in [4.78, 5) is 12.9. The molecule has 1 heterocycles. The minimum absolute atomic E-state index is 0.258. The molecular weight excluding hydrogens is 1150 g/mol. The van der Waals surface area contributed by atoms with Crippen molar-refractivity contribution < 1.29 is 18.5 Å². The first-order valence-corrected chi connectivity index (χ1v) is 33.1. The summed E-state index contributed by atoms with van der Waals surface area (Å²) < 4.78 is 29.7. The van der Waals surface area contributed by atoms with Crippen LogP contribution in [0.4, 0.5) is 0 Å². The molecule has 4 nitrogen and oxygen atoms in total. The average molecular weight is 1210 g/mol. The Balaban J connectivity index is 0.939. The van der Waals surface area contributed by atoms with Gasteiger partial charge in [-0.15, -0.1) is 0 Å². The molecule has 0 fully saturated rings. The van der Waals surface area contributed by atoms with Gasteiger partial charge in [0.25, 0.3) is 0 Å². The summed E-state index contributed by atoms with van der Waals surface area (Å²) in [6.07, 6.45) is 0. The number of hydrogen-bond acceptors (Lipinski definition) is 3. The van der Waals surface area contributed by atoms with Crippen molar-refractivity contribution in [1.82, 2.24) is 0 Å². The van der Waals surface area contributed by atoms with E-state index in [1.165, 1.54) is 0 Å². The van der Waals surface area contributed by atoms with E-state index in [-0.39, 0.29) is 11.5 Å². The summed E-state index contributed by atoms with van der Waals surface area (Å²) in [6.45, 7) is 0. The van der Waals surface area contributed by atoms with Gasteiger partial charge in [-0.05, 0) is 236 Å². The Morgan fingerprint density at radius 1 is 0.204 bits per heavy atom. The van der Waals surface area contributed by atoms with E-state index in [4.69, 9.17) is 9.05 Å².